The molecule has 37 heavy (non-hydrogen) atoms. The second-order valence-corrected chi connectivity index (χ2v) is 10.2. The Kier molecular flexibility index (Phi) is 7.65. The number of thioether (sulfide) groups is 1. The van der Waals surface area contributed by atoms with E-state index in [1.54, 1.807) is 6.92 Å². The van der Waals surface area contributed by atoms with Gasteiger partial charge in [-0.1, -0.05) is 54.2 Å². The number of hydrogen-bond donors (Lipinski definition) is 1. The van der Waals surface area contributed by atoms with E-state index in [9.17, 15) is 9.59 Å². The average Bonchev–Trinajstić information content (AvgIpc) is 3.66. The number of hydrogen-bond acceptors (Lipinski definition) is 7. The Morgan fingerprint density at radius 1 is 1.14 bits per heavy atom. The Bertz CT molecular complexity index is 1270. The molecule has 0 radical (unpaired) electrons. The van der Waals surface area contributed by atoms with Gasteiger partial charge in [0.15, 0.2) is 5.17 Å². The van der Waals surface area contributed by atoms with E-state index in [0.717, 1.165) is 28.5 Å². The number of fused-ring (bicyclic) bond motifs is 1. The number of ether oxygens (including phenoxy) is 2. The number of nitrogens with one attached hydrogen (secondary N) is 1. The van der Waals surface area contributed by atoms with Gasteiger partial charge in [0.25, 0.3) is 0 Å². The van der Waals surface area contributed by atoms with E-state index in [0.29, 0.717) is 29.5 Å². The third kappa shape index (κ3) is 5.91. The fraction of sp³-hybridized carbons (Fsp3) is 0.345. The smallest absolute Gasteiger partial charge is 0.338 e. The van der Waals surface area contributed by atoms with Gasteiger partial charge in [-0.05, 0) is 61.3 Å². The Morgan fingerprint density at radius 3 is 2.70 bits per heavy atom. The predicted molar refractivity (Wildman–Crippen MR) is 145 cm³/mol. The molecule has 5 rings (SSSR count). The molecule has 0 saturated heterocycles. The van der Waals surface area contributed by atoms with E-state index in [2.05, 4.69) is 5.32 Å². The van der Waals surface area contributed by atoms with E-state index in [1.165, 1.54) is 24.6 Å². The van der Waals surface area contributed by atoms with Crippen molar-refractivity contribution in [1.82, 2.24) is 10.2 Å². The van der Waals surface area contributed by atoms with Gasteiger partial charge in [-0.2, -0.15) is 0 Å². The molecule has 3 aliphatic rings. The van der Waals surface area contributed by atoms with Crippen molar-refractivity contribution >= 4 is 28.8 Å². The summed E-state index contributed by atoms with van der Waals surface area (Å²) in [5.41, 5.74) is 3.84. The summed E-state index contributed by atoms with van der Waals surface area (Å²) >= 11 is 1.47. The van der Waals surface area contributed by atoms with Crippen LogP contribution in [-0.2, 0) is 20.9 Å². The minimum atomic E-state index is -0.482. The van der Waals surface area contributed by atoms with E-state index < -0.39 is 12.0 Å². The van der Waals surface area contributed by atoms with Gasteiger partial charge in [0.05, 0.1) is 30.3 Å². The van der Waals surface area contributed by atoms with Gasteiger partial charge in [0.1, 0.15) is 12.4 Å². The Balaban J connectivity index is 1.43. The lowest BCUT2D eigenvalue weighted by atomic mass is 9.93. The van der Waals surface area contributed by atoms with E-state index >= 15 is 0 Å². The molecule has 8 heteroatoms. The third-order valence-corrected chi connectivity index (χ3v) is 7.43. The van der Waals surface area contributed by atoms with E-state index in [4.69, 9.17) is 14.5 Å². The van der Waals surface area contributed by atoms with Crippen LogP contribution in [0.1, 0.15) is 50.3 Å². The highest BCUT2D eigenvalue weighted by molar-refractivity contribution is 8.16. The summed E-state index contributed by atoms with van der Waals surface area (Å²) in [5.74, 6) is 0.877. The monoisotopic (exact) mass is 517 g/mol. The molecule has 2 aromatic rings. The van der Waals surface area contributed by atoms with Gasteiger partial charge in [0.2, 0.25) is 5.91 Å². The van der Waals surface area contributed by atoms with Crippen LogP contribution in [0.3, 0.4) is 0 Å². The van der Waals surface area contributed by atoms with Crippen LogP contribution in [0.15, 0.2) is 82.0 Å². The molecule has 1 N–H and O–H groups in total. The summed E-state index contributed by atoms with van der Waals surface area (Å²) in [7, 11) is 0. The van der Waals surface area contributed by atoms with Crippen molar-refractivity contribution in [3.8, 4) is 5.75 Å². The normalized spacial score (nSPS) is 18.6. The van der Waals surface area contributed by atoms with Gasteiger partial charge in [-0.15, -0.1) is 0 Å². The highest BCUT2D eigenvalue weighted by atomic mass is 32.2. The molecular formula is C29H31N3O4S. The fourth-order valence-corrected chi connectivity index (χ4v) is 5.44. The molecule has 0 aromatic heterocycles. The fourth-order valence-electron chi connectivity index (χ4n) is 4.48. The van der Waals surface area contributed by atoms with Crippen molar-refractivity contribution in [3.63, 3.8) is 0 Å². The summed E-state index contributed by atoms with van der Waals surface area (Å²) in [6.07, 6.45) is 2.58. The highest BCUT2D eigenvalue weighted by Crippen LogP contribution is 2.45. The van der Waals surface area contributed by atoms with Crippen LogP contribution in [-0.4, -0.2) is 35.1 Å². The summed E-state index contributed by atoms with van der Waals surface area (Å²) in [5, 5.41) is 5.75. The van der Waals surface area contributed by atoms with Crippen LogP contribution >= 0.6 is 11.8 Å². The second kappa shape index (κ2) is 11.3. The first-order valence-electron chi connectivity index (χ1n) is 12.7. The molecule has 2 aliphatic heterocycles. The number of rotatable bonds is 10. The van der Waals surface area contributed by atoms with Crippen LogP contribution in [0.2, 0.25) is 0 Å². The van der Waals surface area contributed by atoms with Crippen molar-refractivity contribution in [2.45, 2.75) is 45.8 Å². The number of carbonyl (C=O) groups excluding carboxylic acids is 2. The molecule has 2 aromatic carbocycles. The third-order valence-electron chi connectivity index (χ3n) is 6.54. The van der Waals surface area contributed by atoms with Gasteiger partial charge in [0, 0.05) is 12.2 Å². The number of amides is 1. The quantitative estimate of drug-likeness (QED) is 0.430. The molecular weight excluding hydrogens is 486 g/mol. The lowest BCUT2D eigenvalue weighted by molar-refractivity contribution is -0.139. The zero-order valence-electron chi connectivity index (χ0n) is 21.1. The summed E-state index contributed by atoms with van der Waals surface area (Å²) in [6.45, 7) is 5.05. The zero-order valence-corrected chi connectivity index (χ0v) is 21.9. The van der Waals surface area contributed by atoms with Crippen LogP contribution in [0, 0.1) is 5.92 Å². The molecule has 1 unspecified atom stereocenters. The van der Waals surface area contributed by atoms with Crippen LogP contribution in [0.4, 0.5) is 0 Å². The molecule has 1 aliphatic carbocycles. The van der Waals surface area contributed by atoms with E-state index in [-0.39, 0.29) is 18.9 Å². The number of esters is 1. The van der Waals surface area contributed by atoms with Gasteiger partial charge in [-0.25, -0.2) is 9.79 Å². The van der Waals surface area contributed by atoms with Crippen molar-refractivity contribution in [2.75, 3.05) is 13.2 Å². The largest absolute Gasteiger partial charge is 0.489 e. The minimum absolute atomic E-state index is 0.0253. The van der Waals surface area contributed by atoms with Gasteiger partial charge in [-0.3, -0.25) is 4.79 Å². The van der Waals surface area contributed by atoms with Gasteiger partial charge < -0.3 is 19.7 Å². The number of aliphatic imine (C=N–C) groups is 1. The number of benzene rings is 2. The lowest BCUT2D eigenvalue weighted by Gasteiger charge is -2.36. The Hall–Kier alpha value is -3.52. The first kappa shape index (κ1) is 25.1. The standard InChI is InChI=1S/C29H31N3O4S/c1-3-35-28(34)26-19(2)31-29-32(23(18-37-29)15-25(33)30-16-20-12-13-20)27(26)22-10-7-11-24(14-22)36-17-21-8-5-4-6-9-21/h4-11,14,18,20,27H,3,12-13,15-17H2,1-2H3,(H,30,33). The second-order valence-electron chi connectivity index (χ2n) is 9.38. The van der Waals surface area contributed by atoms with Crippen molar-refractivity contribution in [3.05, 3.63) is 88.1 Å². The SMILES string of the molecule is CCOC(=O)C1=C(C)N=C2SC=C(CC(=O)NCC3CC3)N2C1c1cccc(OCc2ccccc2)c1. The maximum Gasteiger partial charge on any atom is 0.338 e. The lowest BCUT2D eigenvalue weighted by Crippen LogP contribution is -2.38. The summed E-state index contributed by atoms with van der Waals surface area (Å²) in [4.78, 5) is 32.6. The highest BCUT2D eigenvalue weighted by Gasteiger charge is 2.41. The molecule has 1 fully saturated rings. The maximum atomic E-state index is 13.2. The van der Waals surface area contributed by atoms with Crippen molar-refractivity contribution < 1.29 is 19.1 Å². The molecule has 0 spiro atoms. The van der Waals surface area contributed by atoms with Crippen LogP contribution in [0.5, 0.6) is 5.75 Å². The van der Waals surface area contributed by atoms with Crippen LogP contribution < -0.4 is 10.1 Å². The molecule has 1 amide bonds. The topological polar surface area (TPSA) is 80.2 Å². The maximum absolute atomic E-state index is 13.2. The minimum Gasteiger partial charge on any atom is -0.489 e. The summed E-state index contributed by atoms with van der Waals surface area (Å²) < 4.78 is 11.5. The number of amidine groups is 1. The molecule has 2 heterocycles. The zero-order chi connectivity index (χ0) is 25.8. The number of allylic oxidation sites excluding steroid dienone is 1. The van der Waals surface area contributed by atoms with Crippen LogP contribution in [0.25, 0.3) is 0 Å². The summed E-state index contributed by atoms with van der Waals surface area (Å²) in [6, 6.07) is 17.3. The predicted octanol–water partition coefficient (Wildman–Crippen LogP) is 5.32. The van der Waals surface area contributed by atoms with E-state index in [1.807, 2.05) is 71.8 Å². The van der Waals surface area contributed by atoms with Crippen molar-refractivity contribution in [1.29, 1.82) is 0 Å². The first-order chi connectivity index (χ1) is 18.0. The number of nitrogens with zero attached hydrogens (tertiary/aromatic N) is 2. The number of carbonyl (C=O) groups is 2. The Labute approximate surface area is 221 Å². The molecule has 7 nitrogen and oxygen atoms in total. The average molecular weight is 518 g/mol. The molecule has 1 atom stereocenters. The molecule has 1 saturated carbocycles. The van der Waals surface area contributed by atoms with Gasteiger partial charge >= 0.3 is 5.97 Å². The Morgan fingerprint density at radius 2 is 1.95 bits per heavy atom. The van der Waals surface area contributed by atoms with Crippen molar-refractivity contribution in [2.24, 2.45) is 10.9 Å². The molecule has 192 valence electrons. The first-order valence-corrected chi connectivity index (χ1v) is 13.6. The molecule has 0 bridgehead atoms.